The van der Waals surface area contributed by atoms with Gasteiger partial charge in [0.25, 0.3) is 0 Å². The molecule has 2 heterocycles. The highest BCUT2D eigenvalue weighted by Gasteiger charge is 2.21. The quantitative estimate of drug-likeness (QED) is 0.751. The van der Waals surface area contributed by atoms with Crippen molar-refractivity contribution in [2.45, 2.75) is 26.1 Å². The first-order chi connectivity index (χ1) is 12.3. The number of quaternary nitrogens is 1. The number of methoxy groups -OCH3 is 1. The van der Waals surface area contributed by atoms with E-state index < -0.39 is 0 Å². The Bertz CT molecular complexity index is 843. The van der Waals surface area contributed by atoms with E-state index in [1.54, 1.807) is 7.11 Å². The maximum atomic E-state index is 5.21. The Morgan fingerprint density at radius 3 is 2.68 bits per heavy atom. The van der Waals surface area contributed by atoms with Crippen LogP contribution in [0.1, 0.15) is 22.5 Å². The summed E-state index contributed by atoms with van der Waals surface area (Å²) in [5.41, 5.74) is 4.08. The van der Waals surface area contributed by atoms with E-state index in [0.717, 1.165) is 43.2 Å². The summed E-state index contributed by atoms with van der Waals surface area (Å²) < 4.78 is 7.11. The van der Waals surface area contributed by atoms with Gasteiger partial charge in [0.2, 0.25) is 5.82 Å². The van der Waals surface area contributed by atoms with Gasteiger partial charge in [-0.1, -0.05) is 36.4 Å². The van der Waals surface area contributed by atoms with Gasteiger partial charge in [0.1, 0.15) is 18.8 Å². The number of tetrazole rings is 1. The first-order valence-electron chi connectivity index (χ1n) is 8.60. The second kappa shape index (κ2) is 7.03. The zero-order chi connectivity index (χ0) is 17.1. The molecule has 6 heteroatoms. The summed E-state index contributed by atoms with van der Waals surface area (Å²) in [7, 11) is 1.67. The van der Waals surface area contributed by atoms with Crippen LogP contribution in [0.4, 0.5) is 0 Å². The van der Waals surface area contributed by atoms with Gasteiger partial charge in [0, 0.05) is 12.0 Å². The van der Waals surface area contributed by atoms with Crippen LogP contribution in [0.2, 0.25) is 0 Å². The average molecular weight is 336 g/mol. The third-order valence-corrected chi connectivity index (χ3v) is 4.81. The van der Waals surface area contributed by atoms with Crippen LogP contribution in [0.5, 0.6) is 5.75 Å². The number of nitrogens with zero attached hydrogens (tertiary/aromatic N) is 4. The molecule has 1 atom stereocenters. The van der Waals surface area contributed by atoms with Gasteiger partial charge < -0.3 is 9.64 Å². The smallest absolute Gasteiger partial charge is 0.206 e. The zero-order valence-electron chi connectivity index (χ0n) is 14.4. The number of hydrogen-bond donors (Lipinski definition) is 1. The van der Waals surface area contributed by atoms with Crippen LogP contribution in [-0.2, 0) is 26.1 Å². The monoisotopic (exact) mass is 336 g/mol. The van der Waals surface area contributed by atoms with Crippen LogP contribution in [0.3, 0.4) is 0 Å². The third-order valence-electron chi connectivity index (χ3n) is 4.81. The fourth-order valence-corrected chi connectivity index (χ4v) is 3.39. The highest BCUT2D eigenvalue weighted by molar-refractivity contribution is 5.28. The van der Waals surface area contributed by atoms with Gasteiger partial charge in [-0.3, -0.25) is 0 Å². The topological polar surface area (TPSA) is 57.3 Å². The van der Waals surface area contributed by atoms with Crippen LogP contribution in [-0.4, -0.2) is 33.9 Å². The van der Waals surface area contributed by atoms with Crippen LogP contribution in [0, 0.1) is 0 Å². The van der Waals surface area contributed by atoms with Gasteiger partial charge in [-0.15, -0.1) is 5.10 Å². The molecule has 0 aliphatic carbocycles. The van der Waals surface area contributed by atoms with Gasteiger partial charge in [-0.2, -0.15) is 0 Å². The van der Waals surface area contributed by atoms with Gasteiger partial charge in [-0.25, -0.2) is 4.68 Å². The second-order valence-corrected chi connectivity index (χ2v) is 6.47. The predicted molar refractivity (Wildman–Crippen MR) is 93.3 cm³/mol. The van der Waals surface area contributed by atoms with E-state index in [2.05, 4.69) is 39.8 Å². The highest BCUT2D eigenvalue weighted by atomic mass is 16.5. The van der Waals surface area contributed by atoms with Crippen LogP contribution in [0.25, 0.3) is 0 Å². The minimum absolute atomic E-state index is 0.677. The molecule has 4 rings (SSSR count). The summed E-state index contributed by atoms with van der Waals surface area (Å²) in [4.78, 5) is 1.50. The number of benzene rings is 2. The van der Waals surface area contributed by atoms with Crippen molar-refractivity contribution >= 4 is 0 Å². The van der Waals surface area contributed by atoms with Gasteiger partial charge >= 0.3 is 0 Å². The van der Waals surface area contributed by atoms with Crippen molar-refractivity contribution in [2.75, 3.05) is 13.7 Å². The molecule has 25 heavy (non-hydrogen) atoms. The summed E-state index contributed by atoms with van der Waals surface area (Å²) >= 11 is 0. The lowest BCUT2D eigenvalue weighted by molar-refractivity contribution is -0.930. The van der Waals surface area contributed by atoms with E-state index in [-0.39, 0.29) is 0 Å². The minimum atomic E-state index is 0.677. The van der Waals surface area contributed by atoms with Gasteiger partial charge in [-0.05, 0) is 33.7 Å². The molecule has 0 radical (unpaired) electrons. The first-order valence-corrected chi connectivity index (χ1v) is 8.60. The van der Waals surface area contributed by atoms with Gasteiger partial charge in [0.15, 0.2) is 0 Å². The maximum absolute atomic E-state index is 5.21. The number of fused-ring (bicyclic) bond motifs is 1. The van der Waals surface area contributed by atoms with Crippen molar-refractivity contribution < 1.29 is 9.64 Å². The average Bonchev–Trinajstić information content (AvgIpc) is 3.09. The fourth-order valence-electron chi connectivity index (χ4n) is 3.39. The summed E-state index contributed by atoms with van der Waals surface area (Å²) in [5.74, 6) is 1.79. The van der Waals surface area contributed by atoms with Gasteiger partial charge in [0.05, 0.1) is 20.2 Å². The van der Waals surface area contributed by atoms with Crippen LogP contribution in [0.15, 0.2) is 48.5 Å². The molecular formula is C19H22N5O+. The van der Waals surface area contributed by atoms with E-state index in [0.29, 0.717) is 6.54 Å². The van der Waals surface area contributed by atoms with Crippen molar-refractivity contribution in [3.63, 3.8) is 0 Å². The molecule has 2 aromatic carbocycles. The van der Waals surface area contributed by atoms with E-state index in [1.807, 2.05) is 28.9 Å². The molecule has 0 spiro atoms. The third kappa shape index (κ3) is 3.53. The Labute approximate surface area is 147 Å². The number of ether oxygens (including phenoxy) is 1. The van der Waals surface area contributed by atoms with E-state index >= 15 is 0 Å². The molecular weight excluding hydrogens is 314 g/mol. The lowest BCUT2D eigenvalue weighted by atomic mass is 10.00. The van der Waals surface area contributed by atoms with Crippen LogP contribution < -0.4 is 9.64 Å². The highest BCUT2D eigenvalue weighted by Crippen LogP contribution is 2.13. The largest absolute Gasteiger partial charge is 0.497 e. The van der Waals surface area contributed by atoms with E-state index in [9.17, 15) is 0 Å². The fraction of sp³-hybridized carbons (Fsp3) is 0.316. The maximum Gasteiger partial charge on any atom is 0.206 e. The molecule has 1 unspecified atom stereocenters. The van der Waals surface area contributed by atoms with Crippen molar-refractivity contribution in [3.8, 4) is 5.75 Å². The Balaban J connectivity index is 1.45. The summed E-state index contributed by atoms with van der Waals surface area (Å²) in [6.45, 7) is 3.67. The molecule has 3 aromatic rings. The number of aromatic nitrogens is 4. The Kier molecular flexibility index (Phi) is 4.43. The molecule has 1 aromatic heterocycles. The van der Waals surface area contributed by atoms with Crippen molar-refractivity contribution in [3.05, 3.63) is 71.0 Å². The molecule has 1 N–H and O–H groups in total. The van der Waals surface area contributed by atoms with E-state index in [1.165, 1.54) is 16.0 Å². The summed E-state index contributed by atoms with van der Waals surface area (Å²) in [5, 5.41) is 12.3. The lowest BCUT2D eigenvalue weighted by Gasteiger charge is -2.25. The standard InChI is InChI=1S/C19H21N5O/c1-25-18-8-6-15(7-9-18)12-24-19(20-21-22-24)14-23-11-10-16-4-2-3-5-17(16)13-23/h2-9H,10-14H2,1H3/p+1. The molecule has 1 aliphatic heterocycles. The molecule has 0 bridgehead atoms. The van der Waals surface area contributed by atoms with Crippen molar-refractivity contribution in [1.82, 2.24) is 20.2 Å². The summed E-state index contributed by atoms with van der Waals surface area (Å²) in [6.07, 6.45) is 1.12. The number of nitrogens with one attached hydrogen (secondary N) is 1. The Morgan fingerprint density at radius 1 is 1.08 bits per heavy atom. The SMILES string of the molecule is COc1ccc(Cn2nnnc2C[NH+]2CCc3ccccc3C2)cc1. The molecule has 1 aliphatic rings. The molecule has 0 fully saturated rings. The lowest BCUT2D eigenvalue weighted by Crippen LogP contribution is -3.10. The predicted octanol–water partition coefficient (Wildman–Crippen LogP) is 0.871. The first kappa shape index (κ1) is 15.8. The van der Waals surface area contributed by atoms with Crippen molar-refractivity contribution in [2.24, 2.45) is 0 Å². The second-order valence-electron chi connectivity index (χ2n) is 6.47. The molecule has 0 saturated carbocycles. The number of hydrogen-bond acceptors (Lipinski definition) is 4. The minimum Gasteiger partial charge on any atom is -0.497 e. The molecule has 128 valence electrons. The van der Waals surface area contributed by atoms with Crippen LogP contribution >= 0.6 is 0 Å². The normalized spacial score (nSPS) is 16.4. The molecule has 6 nitrogen and oxygen atoms in total. The molecule has 0 saturated heterocycles. The Morgan fingerprint density at radius 2 is 1.88 bits per heavy atom. The number of rotatable bonds is 5. The van der Waals surface area contributed by atoms with Crippen molar-refractivity contribution in [1.29, 1.82) is 0 Å². The summed E-state index contributed by atoms with van der Waals surface area (Å²) in [6, 6.07) is 16.7. The van der Waals surface area contributed by atoms with E-state index in [4.69, 9.17) is 4.74 Å². The Hall–Kier alpha value is -2.73. The zero-order valence-corrected chi connectivity index (χ0v) is 14.4. The molecule has 0 amide bonds.